The summed E-state index contributed by atoms with van der Waals surface area (Å²) in [5, 5.41) is 7.70. The van der Waals surface area contributed by atoms with Gasteiger partial charge in [0.05, 0.1) is 24.2 Å². The molecule has 1 aliphatic rings. The van der Waals surface area contributed by atoms with Gasteiger partial charge in [-0.25, -0.2) is 4.68 Å². The zero-order chi connectivity index (χ0) is 25.7. The van der Waals surface area contributed by atoms with Crippen molar-refractivity contribution in [2.75, 3.05) is 43.5 Å². The molecule has 8 nitrogen and oxygen atoms in total. The number of nitrogens with zero attached hydrogens (tertiary/aromatic N) is 4. The number of carbonyl (C=O) groups excluding carboxylic acids is 2. The molecule has 36 heavy (non-hydrogen) atoms. The van der Waals surface area contributed by atoms with Crippen LogP contribution >= 0.6 is 0 Å². The van der Waals surface area contributed by atoms with Gasteiger partial charge in [-0.15, -0.1) is 0 Å². The standard InChI is InChI=1S/C28H35N5O3/c1-28(2,3)24-20-25(33(30-24)21-10-6-5-7-11-21)29-26(34)14-15-27(35)32-18-16-31(17-19-32)22-12-8-9-13-23(22)36-4/h5-13,20H,14-19H2,1-4H3,(H,29,34). The van der Waals surface area contributed by atoms with E-state index in [-0.39, 0.29) is 30.1 Å². The number of aromatic nitrogens is 2. The first-order valence-electron chi connectivity index (χ1n) is 12.4. The monoisotopic (exact) mass is 489 g/mol. The Morgan fingerprint density at radius 1 is 0.944 bits per heavy atom. The zero-order valence-electron chi connectivity index (χ0n) is 21.5. The molecule has 0 saturated carbocycles. The predicted molar refractivity (Wildman–Crippen MR) is 142 cm³/mol. The molecule has 1 aliphatic heterocycles. The maximum absolute atomic E-state index is 12.8. The van der Waals surface area contributed by atoms with Crippen molar-refractivity contribution in [3.8, 4) is 11.4 Å². The molecule has 4 rings (SSSR count). The highest BCUT2D eigenvalue weighted by molar-refractivity contribution is 5.93. The Morgan fingerprint density at radius 2 is 1.61 bits per heavy atom. The zero-order valence-corrected chi connectivity index (χ0v) is 21.5. The van der Waals surface area contributed by atoms with Crippen LogP contribution in [0.3, 0.4) is 0 Å². The molecule has 1 saturated heterocycles. The van der Waals surface area contributed by atoms with E-state index in [9.17, 15) is 9.59 Å². The summed E-state index contributed by atoms with van der Waals surface area (Å²) < 4.78 is 7.22. The van der Waals surface area contributed by atoms with Gasteiger partial charge in [-0.3, -0.25) is 9.59 Å². The largest absolute Gasteiger partial charge is 0.495 e. The van der Waals surface area contributed by atoms with Crippen LogP contribution in [-0.4, -0.2) is 59.8 Å². The number of para-hydroxylation sites is 3. The summed E-state index contributed by atoms with van der Waals surface area (Å²) in [7, 11) is 1.67. The van der Waals surface area contributed by atoms with Crippen LogP contribution in [0, 0.1) is 0 Å². The minimum absolute atomic E-state index is 0.00299. The number of ether oxygens (including phenoxy) is 1. The molecule has 0 aliphatic carbocycles. The average molecular weight is 490 g/mol. The third-order valence-electron chi connectivity index (χ3n) is 6.37. The Bertz CT molecular complexity index is 1190. The molecule has 1 aromatic heterocycles. The van der Waals surface area contributed by atoms with Gasteiger partial charge in [0.2, 0.25) is 11.8 Å². The third kappa shape index (κ3) is 5.87. The molecule has 1 fully saturated rings. The molecule has 0 unspecified atom stereocenters. The van der Waals surface area contributed by atoms with E-state index in [1.807, 2.05) is 65.6 Å². The fourth-order valence-corrected chi connectivity index (χ4v) is 4.27. The highest BCUT2D eigenvalue weighted by atomic mass is 16.5. The molecule has 2 amide bonds. The number of methoxy groups -OCH3 is 1. The molecule has 2 heterocycles. The molecular weight excluding hydrogens is 454 g/mol. The quantitative estimate of drug-likeness (QED) is 0.537. The Hall–Kier alpha value is -3.81. The SMILES string of the molecule is COc1ccccc1N1CCN(C(=O)CCC(=O)Nc2cc(C(C)(C)C)nn2-c2ccccc2)CC1. The van der Waals surface area contributed by atoms with Crippen LogP contribution in [0.25, 0.3) is 5.69 Å². The van der Waals surface area contributed by atoms with Crippen LogP contribution in [0.1, 0.15) is 39.3 Å². The van der Waals surface area contributed by atoms with Gasteiger partial charge in [-0.1, -0.05) is 51.1 Å². The normalized spacial score (nSPS) is 14.0. The summed E-state index contributed by atoms with van der Waals surface area (Å²) in [5.41, 5.74) is 2.62. The van der Waals surface area contributed by atoms with Crippen molar-refractivity contribution in [1.29, 1.82) is 0 Å². The third-order valence-corrected chi connectivity index (χ3v) is 6.37. The van der Waals surface area contributed by atoms with E-state index in [0.717, 1.165) is 35.9 Å². The van der Waals surface area contributed by atoms with Gasteiger partial charge < -0.3 is 19.9 Å². The summed E-state index contributed by atoms with van der Waals surface area (Å²) in [5.74, 6) is 1.23. The second-order valence-electron chi connectivity index (χ2n) is 10.0. The van der Waals surface area contributed by atoms with Crippen LogP contribution in [0.5, 0.6) is 5.75 Å². The maximum atomic E-state index is 12.8. The van der Waals surface area contributed by atoms with E-state index >= 15 is 0 Å². The lowest BCUT2D eigenvalue weighted by atomic mass is 9.92. The Morgan fingerprint density at radius 3 is 2.28 bits per heavy atom. The minimum atomic E-state index is -0.200. The van der Waals surface area contributed by atoms with E-state index in [4.69, 9.17) is 9.84 Å². The lowest BCUT2D eigenvalue weighted by molar-refractivity contribution is -0.133. The maximum Gasteiger partial charge on any atom is 0.226 e. The van der Waals surface area contributed by atoms with E-state index in [2.05, 4.69) is 31.0 Å². The van der Waals surface area contributed by atoms with Crippen LogP contribution in [0.2, 0.25) is 0 Å². The molecule has 0 spiro atoms. The number of amides is 2. The number of hydrogen-bond donors (Lipinski definition) is 1. The first-order valence-corrected chi connectivity index (χ1v) is 12.4. The van der Waals surface area contributed by atoms with Gasteiger partial charge in [0.15, 0.2) is 0 Å². The van der Waals surface area contributed by atoms with Crippen molar-refractivity contribution in [2.45, 2.75) is 39.0 Å². The predicted octanol–water partition coefficient (Wildman–Crippen LogP) is 4.25. The highest BCUT2D eigenvalue weighted by Crippen LogP contribution is 2.29. The Kier molecular flexibility index (Phi) is 7.62. The van der Waals surface area contributed by atoms with Crippen LogP contribution in [-0.2, 0) is 15.0 Å². The summed E-state index contributed by atoms with van der Waals surface area (Å²) in [6, 6.07) is 19.5. The van der Waals surface area contributed by atoms with Crippen molar-refractivity contribution in [3.05, 3.63) is 66.4 Å². The number of hydrogen-bond acceptors (Lipinski definition) is 5. The van der Waals surface area contributed by atoms with Crippen molar-refractivity contribution >= 4 is 23.3 Å². The van der Waals surface area contributed by atoms with Gasteiger partial charge in [0, 0.05) is 50.5 Å². The van der Waals surface area contributed by atoms with Gasteiger partial charge >= 0.3 is 0 Å². The molecule has 0 atom stereocenters. The molecule has 2 aromatic carbocycles. The number of anilines is 2. The van der Waals surface area contributed by atoms with Gasteiger partial charge in [-0.2, -0.15) is 5.10 Å². The molecular formula is C28H35N5O3. The average Bonchev–Trinajstić information content (AvgIpc) is 3.32. The van der Waals surface area contributed by atoms with Crippen molar-refractivity contribution < 1.29 is 14.3 Å². The molecule has 8 heteroatoms. The Labute approximate surface area is 212 Å². The summed E-state index contributed by atoms with van der Waals surface area (Å²) in [4.78, 5) is 29.7. The molecule has 1 N–H and O–H groups in total. The number of nitrogens with one attached hydrogen (secondary N) is 1. The molecule has 0 bridgehead atoms. The van der Waals surface area contributed by atoms with Gasteiger partial charge in [0.1, 0.15) is 11.6 Å². The number of carbonyl (C=O) groups is 2. The van der Waals surface area contributed by atoms with Crippen LogP contribution < -0.4 is 15.0 Å². The minimum Gasteiger partial charge on any atom is -0.495 e. The second kappa shape index (κ2) is 10.8. The van der Waals surface area contributed by atoms with Crippen LogP contribution in [0.4, 0.5) is 11.5 Å². The Balaban J connectivity index is 1.33. The fourth-order valence-electron chi connectivity index (χ4n) is 4.27. The lowest BCUT2D eigenvalue weighted by Gasteiger charge is -2.36. The summed E-state index contributed by atoms with van der Waals surface area (Å²) >= 11 is 0. The lowest BCUT2D eigenvalue weighted by Crippen LogP contribution is -2.49. The van der Waals surface area contributed by atoms with Gasteiger partial charge in [-0.05, 0) is 24.3 Å². The first kappa shape index (κ1) is 25.3. The molecule has 190 valence electrons. The molecule has 0 radical (unpaired) electrons. The van der Waals surface area contributed by atoms with Crippen molar-refractivity contribution in [3.63, 3.8) is 0 Å². The number of rotatable bonds is 7. The number of piperazine rings is 1. The van der Waals surface area contributed by atoms with Crippen molar-refractivity contribution in [2.24, 2.45) is 0 Å². The fraction of sp³-hybridized carbons (Fsp3) is 0.393. The van der Waals surface area contributed by atoms with Crippen LogP contribution in [0.15, 0.2) is 60.7 Å². The highest BCUT2D eigenvalue weighted by Gasteiger charge is 2.24. The molecule has 3 aromatic rings. The first-order chi connectivity index (χ1) is 17.3. The summed E-state index contributed by atoms with van der Waals surface area (Å²) in [6.45, 7) is 8.95. The van der Waals surface area contributed by atoms with E-state index in [0.29, 0.717) is 18.9 Å². The van der Waals surface area contributed by atoms with E-state index in [1.54, 1.807) is 11.8 Å². The number of benzene rings is 2. The second-order valence-corrected chi connectivity index (χ2v) is 10.0. The van der Waals surface area contributed by atoms with E-state index < -0.39 is 0 Å². The smallest absolute Gasteiger partial charge is 0.226 e. The summed E-state index contributed by atoms with van der Waals surface area (Å²) in [6.07, 6.45) is 0.294. The topological polar surface area (TPSA) is 79.7 Å². The van der Waals surface area contributed by atoms with E-state index in [1.165, 1.54) is 0 Å². The van der Waals surface area contributed by atoms with Gasteiger partial charge in [0.25, 0.3) is 0 Å². The van der Waals surface area contributed by atoms with Crippen molar-refractivity contribution in [1.82, 2.24) is 14.7 Å².